The number of allylic oxidation sites excluding steroid dienone is 2. The van der Waals surface area contributed by atoms with Gasteiger partial charge >= 0.3 is 0 Å². The monoisotopic (exact) mass is 250 g/mol. The largest absolute Gasteiger partial charge is 0.378 e. The molecule has 2 saturated heterocycles. The van der Waals surface area contributed by atoms with Crippen LogP contribution in [-0.2, 0) is 0 Å². The fourth-order valence-electron chi connectivity index (χ4n) is 2.29. The van der Waals surface area contributed by atoms with E-state index in [0.717, 1.165) is 12.8 Å². The van der Waals surface area contributed by atoms with Crippen LogP contribution in [0.4, 0.5) is 0 Å². The normalized spacial score (nSPS) is 19.9. The molecule has 0 aromatic heterocycles. The average Bonchev–Trinajstić information content (AvgIpc) is 3.07. The summed E-state index contributed by atoms with van der Waals surface area (Å²) in [6.07, 6.45) is 16.8. The van der Waals surface area contributed by atoms with Crippen LogP contribution in [0.3, 0.4) is 0 Å². The first-order chi connectivity index (χ1) is 8.86. The Labute approximate surface area is 113 Å². The lowest BCUT2D eigenvalue weighted by molar-refractivity contribution is 0.466. The number of rotatable bonds is 4. The SMILES string of the molecule is CCC=CN1CCCC1.CCC=CN1CCCC1. The maximum Gasteiger partial charge on any atom is 0.0173 e. The Morgan fingerprint density at radius 3 is 1.28 bits per heavy atom. The van der Waals surface area contributed by atoms with Gasteiger partial charge in [0.2, 0.25) is 0 Å². The summed E-state index contributed by atoms with van der Waals surface area (Å²) in [5.74, 6) is 0. The predicted molar refractivity (Wildman–Crippen MR) is 80.5 cm³/mol. The molecule has 2 fully saturated rings. The van der Waals surface area contributed by atoms with Crippen LogP contribution >= 0.6 is 0 Å². The fraction of sp³-hybridized carbons (Fsp3) is 0.750. The summed E-state index contributed by atoms with van der Waals surface area (Å²) in [6, 6.07) is 0. The van der Waals surface area contributed by atoms with Crippen molar-refractivity contribution in [2.45, 2.75) is 52.4 Å². The van der Waals surface area contributed by atoms with Crippen LogP contribution in [-0.4, -0.2) is 36.0 Å². The van der Waals surface area contributed by atoms with Gasteiger partial charge < -0.3 is 9.80 Å². The summed E-state index contributed by atoms with van der Waals surface area (Å²) in [5.41, 5.74) is 0. The van der Waals surface area contributed by atoms with Gasteiger partial charge in [0.05, 0.1) is 0 Å². The van der Waals surface area contributed by atoms with Crippen molar-refractivity contribution in [3.05, 3.63) is 24.6 Å². The van der Waals surface area contributed by atoms with Crippen LogP contribution in [0.5, 0.6) is 0 Å². The van der Waals surface area contributed by atoms with Crippen molar-refractivity contribution < 1.29 is 0 Å². The van der Waals surface area contributed by atoms with E-state index < -0.39 is 0 Å². The highest BCUT2D eigenvalue weighted by molar-refractivity contribution is 4.84. The Morgan fingerprint density at radius 2 is 1.00 bits per heavy atom. The highest BCUT2D eigenvalue weighted by Crippen LogP contribution is 2.07. The Balaban J connectivity index is 0.000000180. The molecule has 0 aliphatic carbocycles. The van der Waals surface area contributed by atoms with Gasteiger partial charge in [0.25, 0.3) is 0 Å². The third-order valence-electron chi connectivity index (χ3n) is 3.39. The first kappa shape index (κ1) is 15.1. The van der Waals surface area contributed by atoms with E-state index in [9.17, 15) is 0 Å². The third kappa shape index (κ3) is 6.73. The van der Waals surface area contributed by atoms with E-state index in [1.165, 1.54) is 51.9 Å². The van der Waals surface area contributed by atoms with E-state index in [4.69, 9.17) is 0 Å². The van der Waals surface area contributed by atoms with Crippen LogP contribution in [0.2, 0.25) is 0 Å². The molecular weight excluding hydrogens is 220 g/mol. The molecule has 0 amide bonds. The van der Waals surface area contributed by atoms with Crippen molar-refractivity contribution in [2.75, 3.05) is 26.2 Å². The summed E-state index contributed by atoms with van der Waals surface area (Å²) >= 11 is 0. The minimum atomic E-state index is 1.16. The van der Waals surface area contributed by atoms with Crippen LogP contribution in [0.1, 0.15) is 52.4 Å². The van der Waals surface area contributed by atoms with E-state index in [1.54, 1.807) is 0 Å². The molecule has 0 unspecified atom stereocenters. The van der Waals surface area contributed by atoms with Crippen molar-refractivity contribution in [1.29, 1.82) is 0 Å². The highest BCUT2D eigenvalue weighted by atomic mass is 15.1. The Kier molecular flexibility index (Phi) is 8.45. The van der Waals surface area contributed by atoms with Crippen LogP contribution in [0.25, 0.3) is 0 Å². The molecule has 2 rings (SSSR count). The number of likely N-dealkylation sites (tertiary alicyclic amines) is 2. The van der Waals surface area contributed by atoms with Gasteiger partial charge in [0.15, 0.2) is 0 Å². The number of hydrogen-bond acceptors (Lipinski definition) is 2. The molecule has 0 atom stereocenters. The first-order valence-corrected chi connectivity index (χ1v) is 7.68. The molecule has 18 heavy (non-hydrogen) atoms. The zero-order valence-corrected chi connectivity index (χ0v) is 12.3. The summed E-state index contributed by atoms with van der Waals surface area (Å²) in [5, 5.41) is 0. The van der Waals surface area contributed by atoms with E-state index >= 15 is 0 Å². The second kappa shape index (κ2) is 10.0. The molecule has 0 radical (unpaired) electrons. The topological polar surface area (TPSA) is 6.48 Å². The lowest BCUT2D eigenvalue weighted by Crippen LogP contribution is -2.09. The minimum absolute atomic E-state index is 1.16. The molecule has 104 valence electrons. The zero-order chi connectivity index (χ0) is 13.1. The van der Waals surface area contributed by atoms with Gasteiger partial charge in [-0.05, 0) is 50.9 Å². The van der Waals surface area contributed by atoms with Gasteiger partial charge in [-0.1, -0.05) is 26.0 Å². The van der Waals surface area contributed by atoms with Gasteiger partial charge in [-0.2, -0.15) is 0 Å². The molecule has 2 heterocycles. The van der Waals surface area contributed by atoms with E-state index in [2.05, 4.69) is 48.2 Å². The molecule has 0 aromatic carbocycles. The van der Waals surface area contributed by atoms with Crippen molar-refractivity contribution in [2.24, 2.45) is 0 Å². The van der Waals surface area contributed by atoms with Crippen LogP contribution < -0.4 is 0 Å². The zero-order valence-electron chi connectivity index (χ0n) is 12.3. The lowest BCUT2D eigenvalue weighted by atomic mass is 10.4. The standard InChI is InChI=1S/2C8H15N/c2*1-2-3-6-9-7-4-5-8-9/h2*3,6H,2,4-5,7-8H2,1H3. The molecule has 2 aliphatic heterocycles. The molecule has 2 heteroatoms. The lowest BCUT2D eigenvalue weighted by Gasteiger charge is -2.09. The first-order valence-electron chi connectivity index (χ1n) is 7.68. The number of hydrogen-bond donors (Lipinski definition) is 0. The molecule has 0 saturated carbocycles. The van der Waals surface area contributed by atoms with Gasteiger partial charge in [-0.3, -0.25) is 0 Å². The Hall–Kier alpha value is -0.920. The molecule has 0 spiro atoms. The fourth-order valence-corrected chi connectivity index (χ4v) is 2.29. The van der Waals surface area contributed by atoms with Crippen molar-refractivity contribution >= 4 is 0 Å². The van der Waals surface area contributed by atoms with Crippen LogP contribution in [0.15, 0.2) is 24.6 Å². The van der Waals surface area contributed by atoms with E-state index in [0.29, 0.717) is 0 Å². The van der Waals surface area contributed by atoms with Crippen molar-refractivity contribution in [1.82, 2.24) is 9.80 Å². The summed E-state index contributed by atoms with van der Waals surface area (Å²) in [4.78, 5) is 4.78. The van der Waals surface area contributed by atoms with E-state index in [-0.39, 0.29) is 0 Å². The second-order valence-electron chi connectivity index (χ2n) is 5.07. The highest BCUT2D eigenvalue weighted by Gasteiger charge is 2.05. The summed E-state index contributed by atoms with van der Waals surface area (Å²) in [6.45, 7) is 9.44. The molecule has 2 aliphatic rings. The molecule has 0 bridgehead atoms. The maximum atomic E-state index is 2.39. The molecule has 0 N–H and O–H groups in total. The minimum Gasteiger partial charge on any atom is -0.378 e. The number of nitrogens with zero attached hydrogens (tertiary/aromatic N) is 2. The Morgan fingerprint density at radius 1 is 0.667 bits per heavy atom. The predicted octanol–water partition coefficient (Wildman–Crippen LogP) is 4.01. The maximum absolute atomic E-state index is 2.39. The van der Waals surface area contributed by atoms with Gasteiger partial charge in [0, 0.05) is 26.2 Å². The van der Waals surface area contributed by atoms with Gasteiger partial charge in [-0.25, -0.2) is 0 Å². The van der Waals surface area contributed by atoms with Crippen molar-refractivity contribution in [3.63, 3.8) is 0 Å². The Bertz CT molecular complexity index is 207. The molecule has 2 nitrogen and oxygen atoms in total. The quantitative estimate of drug-likeness (QED) is 0.744. The van der Waals surface area contributed by atoms with Crippen molar-refractivity contribution in [3.8, 4) is 0 Å². The second-order valence-corrected chi connectivity index (χ2v) is 5.07. The van der Waals surface area contributed by atoms with Gasteiger partial charge in [0.1, 0.15) is 0 Å². The average molecular weight is 250 g/mol. The third-order valence-corrected chi connectivity index (χ3v) is 3.39. The van der Waals surface area contributed by atoms with Gasteiger partial charge in [-0.15, -0.1) is 0 Å². The molecular formula is C16H30N2. The summed E-state index contributed by atoms with van der Waals surface area (Å²) in [7, 11) is 0. The van der Waals surface area contributed by atoms with Crippen LogP contribution in [0, 0.1) is 0 Å². The van der Waals surface area contributed by atoms with E-state index in [1.807, 2.05) is 0 Å². The smallest absolute Gasteiger partial charge is 0.0173 e. The molecule has 0 aromatic rings. The summed E-state index contributed by atoms with van der Waals surface area (Å²) < 4.78 is 0.